The molecule has 0 spiro atoms. The lowest BCUT2D eigenvalue weighted by molar-refractivity contribution is -0.185. The molecule has 0 saturated carbocycles. The molecule has 3 atom stereocenters. The molecule has 7 nitrogen and oxygen atoms in total. The van der Waals surface area contributed by atoms with Crippen molar-refractivity contribution < 1.29 is 28.6 Å². The highest BCUT2D eigenvalue weighted by Gasteiger charge is 2.63. The molecule has 0 radical (unpaired) electrons. The largest absolute Gasteiger partial charge is 0.466 e. The van der Waals surface area contributed by atoms with Gasteiger partial charge in [-0.2, -0.15) is 0 Å². The molecule has 0 saturated heterocycles. The number of rotatable bonds is 7. The molecule has 0 amide bonds. The number of halogens is 1. The number of hydrogen-bond acceptors (Lipinski definition) is 7. The average Bonchev–Trinajstić information content (AvgIpc) is 2.84. The van der Waals surface area contributed by atoms with Crippen molar-refractivity contribution >= 4 is 39.3 Å². The molecule has 8 heteroatoms. The summed E-state index contributed by atoms with van der Waals surface area (Å²) in [6.07, 6.45) is 0.725. The third-order valence-electron chi connectivity index (χ3n) is 6.98. The van der Waals surface area contributed by atoms with E-state index in [1.807, 2.05) is 69.3 Å². The van der Waals surface area contributed by atoms with Crippen molar-refractivity contribution in [1.82, 2.24) is 0 Å². The zero-order valence-corrected chi connectivity index (χ0v) is 24.0. The topological polar surface area (TPSA) is 90.9 Å². The maximum atomic E-state index is 13.9. The zero-order chi connectivity index (χ0) is 27.7. The van der Waals surface area contributed by atoms with Crippen molar-refractivity contribution in [3.05, 3.63) is 75.5 Å². The fraction of sp³-hybridized carbons (Fsp3) is 0.433. The number of aryl methyl sites for hydroxylation is 1. The van der Waals surface area contributed by atoms with Gasteiger partial charge in [-0.1, -0.05) is 59.6 Å². The Morgan fingerprint density at radius 1 is 1.00 bits per heavy atom. The Labute approximate surface area is 232 Å². The maximum Gasteiger partial charge on any atom is 0.373 e. The Kier molecular flexibility index (Phi) is 8.02. The fourth-order valence-electron chi connectivity index (χ4n) is 5.35. The second kappa shape index (κ2) is 10.9. The van der Waals surface area contributed by atoms with E-state index in [-0.39, 0.29) is 24.4 Å². The third-order valence-corrected chi connectivity index (χ3v) is 7.50. The predicted octanol–water partition coefficient (Wildman–Crippen LogP) is 6.07. The van der Waals surface area contributed by atoms with E-state index in [1.165, 1.54) is 0 Å². The molecule has 2 aliphatic rings. The first-order valence-corrected chi connectivity index (χ1v) is 13.7. The molecule has 0 bridgehead atoms. The lowest BCUT2D eigenvalue weighted by atomic mass is 9.65. The summed E-state index contributed by atoms with van der Waals surface area (Å²) in [5.74, 6) is -3.15. The van der Waals surface area contributed by atoms with Crippen molar-refractivity contribution in [3.63, 3.8) is 0 Å². The van der Waals surface area contributed by atoms with E-state index < -0.39 is 29.5 Å². The Bertz CT molecular complexity index is 1250. The number of carbonyl (C=O) groups excluding carboxylic acids is 3. The van der Waals surface area contributed by atoms with Crippen LogP contribution in [0.4, 0.5) is 5.69 Å². The minimum absolute atomic E-state index is 0.0777. The first-order chi connectivity index (χ1) is 18.0. The maximum absolute atomic E-state index is 13.9. The molecule has 3 unspecified atom stereocenters. The lowest BCUT2D eigenvalue weighted by Crippen LogP contribution is -2.63. The summed E-state index contributed by atoms with van der Waals surface area (Å²) in [7, 11) is 0. The number of allylic oxidation sites excluding steroid dienone is 2. The molecule has 4 rings (SSSR count). The van der Waals surface area contributed by atoms with Crippen LogP contribution in [0.5, 0.6) is 0 Å². The van der Waals surface area contributed by atoms with Crippen molar-refractivity contribution in [3.8, 4) is 0 Å². The quantitative estimate of drug-likeness (QED) is 0.396. The van der Waals surface area contributed by atoms with Crippen molar-refractivity contribution in [2.45, 2.75) is 59.1 Å². The summed E-state index contributed by atoms with van der Waals surface area (Å²) in [5, 5.41) is 3.23. The van der Waals surface area contributed by atoms with Crippen LogP contribution in [-0.2, 0) is 28.6 Å². The van der Waals surface area contributed by atoms with Crippen molar-refractivity contribution in [2.24, 2.45) is 11.3 Å². The van der Waals surface area contributed by atoms with Crippen LogP contribution in [-0.4, -0.2) is 36.7 Å². The first-order valence-electron chi connectivity index (χ1n) is 12.9. The van der Waals surface area contributed by atoms with Gasteiger partial charge < -0.3 is 19.5 Å². The van der Waals surface area contributed by atoms with Gasteiger partial charge in [-0.25, -0.2) is 4.79 Å². The van der Waals surface area contributed by atoms with Gasteiger partial charge in [0.15, 0.2) is 5.78 Å². The van der Waals surface area contributed by atoms with Gasteiger partial charge in [0, 0.05) is 34.5 Å². The standard InChI is InChI=1S/C30H34BrNO6/c1-6-36-27(34)26-24(19-10-12-20(31)13-11-19)25-22(33)16-29(4,5)17-23(25)38-30(26,28(35)37-7-2)32-21-14-8-18(3)9-15-21/h8-15,24,26,32H,6-7,16-17H2,1-5H3. The van der Waals surface area contributed by atoms with E-state index in [2.05, 4.69) is 21.2 Å². The van der Waals surface area contributed by atoms with Gasteiger partial charge in [0.1, 0.15) is 11.7 Å². The first kappa shape index (κ1) is 27.9. The number of nitrogens with one attached hydrogen (secondary N) is 1. The molecular weight excluding hydrogens is 550 g/mol. The van der Waals surface area contributed by atoms with Crippen LogP contribution < -0.4 is 5.32 Å². The molecule has 38 heavy (non-hydrogen) atoms. The van der Waals surface area contributed by atoms with E-state index >= 15 is 0 Å². The minimum atomic E-state index is -1.97. The van der Waals surface area contributed by atoms with Crippen LogP contribution in [0.3, 0.4) is 0 Å². The van der Waals surface area contributed by atoms with E-state index in [4.69, 9.17) is 14.2 Å². The molecule has 1 N–H and O–H groups in total. The summed E-state index contributed by atoms with van der Waals surface area (Å²) < 4.78 is 18.5. The summed E-state index contributed by atoms with van der Waals surface area (Å²) in [6.45, 7) is 9.51. The molecule has 2 aromatic carbocycles. The van der Waals surface area contributed by atoms with Gasteiger partial charge in [-0.3, -0.25) is 9.59 Å². The monoisotopic (exact) mass is 583 g/mol. The molecule has 202 valence electrons. The molecule has 0 aromatic heterocycles. The Morgan fingerprint density at radius 2 is 1.63 bits per heavy atom. The van der Waals surface area contributed by atoms with Gasteiger partial charge in [0.2, 0.25) is 0 Å². The Balaban J connectivity index is 2.02. The van der Waals surface area contributed by atoms with E-state index in [0.29, 0.717) is 35.4 Å². The van der Waals surface area contributed by atoms with Gasteiger partial charge >= 0.3 is 11.9 Å². The SMILES string of the molecule is CCOC(=O)C1C(c2ccc(Br)cc2)C2=C(CC(C)(C)CC2=O)OC1(Nc1ccc(C)cc1)C(=O)OCC. The highest BCUT2D eigenvalue weighted by molar-refractivity contribution is 9.10. The number of ether oxygens (including phenoxy) is 3. The predicted molar refractivity (Wildman–Crippen MR) is 147 cm³/mol. The lowest BCUT2D eigenvalue weighted by Gasteiger charge is -2.49. The summed E-state index contributed by atoms with van der Waals surface area (Å²) >= 11 is 3.47. The normalized spacial score (nSPS) is 24.2. The third kappa shape index (κ3) is 5.37. The molecule has 0 fully saturated rings. The van der Waals surface area contributed by atoms with Crippen LogP contribution in [0.25, 0.3) is 0 Å². The van der Waals surface area contributed by atoms with Crippen molar-refractivity contribution in [1.29, 1.82) is 0 Å². The van der Waals surface area contributed by atoms with E-state index in [9.17, 15) is 14.4 Å². The fourth-order valence-corrected chi connectivity index (χ4v) is 5.62. The van der Waals surface area contributed by atoms with Crippen LogP contribution >= 0.6 is 15.9 Å². The highest BCUT2D eigenvalue weighted by Crippen LogP contribution is 2.53. The van der Waals surface area contributed by atoms with Crippen LogP contribution in [0.2, 0.25) is 0 Å². The summed E-state index contributed by atoms with van der Waals surface area (Å²) in [6, 6.07) is 14.8. The molecule has 1 aliphatic carbocycles. The van der Waals surface area contributed by atoms with Gasteiger partial charge in [-0.15, -0.1) is 0 Å². The number of hydrogen-bond donors (Lipinski definition) is 1. The van der Waals surface area contributed by atoms with Crippen molar-refractivity contribution in [2.75, 3.05) is 18.5 Å². The Hall–Kier alpha value is -3.13. The summed E-state index contributed by atoms with van der Waals surface area (Å²) in [5.41, 5.74) is 0.357. The number of Topliss-reactive ketones (excluding diaryl/α,β-unsaturated/α-hetero) is 1. The second-order valence-electron chi connectivity index (χ2n) is 10.6. The average molecular weight is 585 g/mol. The molecule has 1 aliphatic heterocycles. The second-order valence-corrected chi connectivity index (χ2v) is 11.5. The number of anilines is 1. The van der Waals surface area contributed by atoms with Gasteiger partial charge in [-0.05, 0) is 56.0 Å². The number of esters is 2. The number of benzene rings is 2. The van der Waals surface area contributed by atoms with Gasteiger partial charge in [0.05, 0.1) is 13.2 Å². The van der Waals surface area contributed by atoms with E-state index in [0.717, 1.165) is 10.0 Å². The van der Waals surface area contributed by atoms with Crippen LogP contribution in [0.15, 0.2) is 64.3 Å². The van der Waals surface area contributed by atoms with Crippen LogP contribution in [0.1, 0.15) is 57.6 Å². The molecule has 1 heterocycles. The van der Waals surface area contributed by atoms with Gasteiger partial charge in [0.25, 0.3) is 5.72 Å². The van der Waals surface area contributed by atoms with E-state index in [1.54, 1.807) is 13.8 Å². The number of carbonyl (C=O) groups is 3. The smallest absolute Gasteiger partial charge is 0.373 e. The molecule has 2 aromatic rings. The zero-order valence-electron chi connectivity index (χ0n) is 22.4. The summed E-state index contributed by atoms with van der Waals surface area (Å²) in [4.78, 5) is 41.4. The number of ketones is 1. The van der Waals surface area contributed by atoms with Crippen LogP contribution in [0, 0.1) is 18.3 Å². The minimum Gasteiger partial charge on any atom is -0.466 e. The highest BCUT2D eigenvalue weighted by atomic mass is 79.9. The Morgan fingerprint density at radius 3 is 2.24 bits per heavy atom. The molecular formula is C30H34BrNO6.